The number of pyridine rings is 1. The maximum Gasteiger partial charge on any atom is 0.275 e. The summed E-state index contributed by atoms with van der Waals surface area (Å²) >= 11 is 12.0. The number of primary amides is 1. The molecule has 1 aromatic heterocycles. The number of nitrogens with one attached hydrogen (secondary N) is 3. The molecule has 32 heavy (non-hydrogen) atoms. The number of carbonyl (C=O) groups is 1. The molecule has 1 unspecified atom stereocenters. The van der Waals surface area contributed by atoms with Crippen molar-refractivity contribution >= 4 is 50.8 Å². The number of anilines is 1. The van der Waals surface area contributed by atoms with Crippen molar-refractivity contribution in [3.8, 4) is 0 Å². The van der Waals surface area contributed by atoms with Gasteiger partial charge in [0.05, 0.1) is 22.4 Å². The number of guanidine groups is 1. The fraction of sp³-hybridized carbons (Fsp3) is 0.278. The average molecular weight is 505 g/mol. The monoisotopic (exact) mass is 504 g/mol. The van der Waals surface area contributed by atoms with Crippen molar-refractivity contribution in [2.24, 2.45) is 11.5 Å². The first-order valence-corrected chi connectivity index (χ1v) is 11.5. The third kappa shape index (κ3) is 6.60. The van der Waals surface area contributed by atoms with Crippen LogP contribution in [-0.2, 0) is 25.4 Å². The Balaban J connectivity index is 2.31. The highest BCUT2D eigenvalue weighted by atomic mass is 35.5. The van der Waals surface area contributed by atoms with Crippen LogP contribution < -0.4 is 27.2 Å². The number of amides is 1. The number of sulfonamides is 1. The summed E-state index contributed by atoms with van der Waals surface area (Å²) in [6, 6.07) is 6.19. The minimum Gasteiger partial charge on any atom is -0.368 e. The Morgan fingerprint density at radius 3 is 2.56 bits per heavy atom. The molecule has 14 heteroatoms. The summed E-state index contributed by atoms with van der Waals surface area (Å²) in [5.74, 6) is -1.79. The maximum absolute atomic E-state index is 13.0. The van der Waals surface area contributed by atoms with Gasteiger partial charge in [-0.25, -0.2) is 13.9 Å². The highest BCUT2D eigenvalue weighted by molar-refractivity contribution is 7.91. The van der Waals surface area contributed by atoms with Gasteiger partial charge >= 0.3 is 0 Å². The van der Waals surface area contributed by atoms with Crippen molar-refractivity contribution in [3.63, 3.8) is 0 Å². The second kappa shape index (κ2) is 10.7. The van der Waals surface area contributed by atoms with Crippen LogP contribution in [0.3, 0.4) is 0 Å². The number of aromatic nitrogens is 1. The van der Waals surface area contributed by atoms with Crippen molar-refractivity contribution in [2.75, 3.05) is 11.3 Å². The van der Waals surface area contributed by atoms with Crippen molar-refractivity contribution in [3.05, 3.63) is 62.0 Å². The smallest absolute Gasteiger partial charge is 0.275 e. The van der Waals surface area contributed by atoms with Crippen molar-refractivity contribution in [2.45, 2.75) is 25.1 Å². The molecular formula is C18H22Cl2N6O5S. The van der Waals surface area contributed by atoms with Crippen LogP contribution in [0.4, 0.5) is 5.69 Å². The van der Waals surface area contributed by atoms with E-state index in [2.05, 4.69) is 10.2 Å². The molecule has 0 spiro atoms. The Kier molecular flexibility index (Phi) is 8.50. The first kappa shape index (κ1) is 25.5. The summed E-state index contributed by atoms with van der Waals surface area (Å²) in [5, 5.41) is 7.32. The molecule has 1 aromatic carbocycles. The normalized spacial score (nSPS) is 12.2. The van der Waals surface area contributed by atoms with Crippen LogP contribution in [0.1, 0.15) is 23.7 Å². The van der Waals surface area contributed by atoms with Crippen LogP contribution in [0.5, 0.6) is 0 Å². The molecule has 0 aliphatic rings. The minimum absolute atomic E-state index is 0.0370. The zero-order chi connectivity index (χ0) is 24.1. The zero-order valence-electron chi connectivity index (χ0n) is 16.9. The van der Waals surface area contributed by atoms with Gasteiger partial charge in [0.25, 0.3) is 5.56 Å². The lowest BCUT2D eigenvalue weighted by Gasteiger charge is -2.20. The van der Waals surface area contributed by atoms with Gasteiger partial charge in [-0.15, -0.1) is 0 Å². The Hall–Kier alpha value is -2.80. The molecule has 0 saturated heterocycles. The highest BCUT2D eigenvalue weighted by Crippen LogP contribution is 2.27. The molecule has 0 aliphatic heterocycles. The number of aryl methyl sites for hydroxylation is 1. The third-order valence-electron chi connectivity index (χ3n) is 4.28. The van der Waals surface area contributed by atoms with Gasteiger partial charge in [-0.2, -0.15) is 0 Å². The van der Waals surface area contributed by atoms with E-state index in [-0.39, 0.29) is 34.3 Å². The van der Waals surface area contributed by atoms with E-state index < -0.39 is 39.2 Å². The fourth-order valence-corrected chi connectivity index (χ4v) is 4.56. The van der Waals surface area contributed by atoms with Gasteiger partial charge in [-0.3, -0.25) is 29.1 Å². The van der Waals surface area contributed by atoms with Gasteiger partial charge in [-0.1, -0.05) is 35.3 Å². The average Bonchev–Trinajstić information content (AvgIpc) is 2.68. The predicted molar refractivity (Wildman–Crippen MR) is 122 cm³/mol. The molecule has 1 heterocycles. The topological polar surface area (TPSA) is 182 Å². The Morgan fingerprint density at radius 1 is 1.25 bits per heavy atom. The van der Waals surface area contributed by atoms with Crippen molar-refractivity contribution in [1.82, 2.24) is 10.0 Å². The van der Waals surface area contributed by atoms with E-state index in [0.29, 0.717) is 5.69 Å². The van der Waals surface area contributed by atoms with E-state index in [9.17, 15) is 18.0 Å². The lowest BCUT2D eigenvalue weighted by atomic mass is 10.1. The molecular weight excluding hydrogens is 483 g/mol. The molecule has 7 N–H and O–H groups in total. The van der Waals surface area contributed by atoms with Gasteiger partial charge in [0, 0.05) is 12.1 Å². The second-order valence-electron chi connectivity index (χ2n) is 6.71. The summed E-state index contributed by atoms with van der Waals surface area (Å²) in [6.45, 7) is 1.46. The standard InChI is InChI=1S/C18H22Cl2N6O5S/c1-10-5-6-13(25-32(29,30)9-11-3-2-4-12(19)15(11)20)17(28)26(10)14(16(21)27)7-8-31-24-18(22)23/h2-6,14,25H,7-9H2,1H3,(H2,21,27)(H4,22,23,24). The predicted octanol–water partition coefficient (Wildman–Crippen LogP) is 1.24. The third-order valence-corrected chi connectivity index (χ3v) is 6.36. The van der Waals surface area contributed by atoms with Crippen LogP contribution in [0, 0.1) is 12.3 Å². The van der Waals surface area contributed by atoms with E-state index in [1.54, 1.807) is 13.0 Å². The Morgan fingerprint density at radius 2 is 1.94 bits per heavy atom. The lowest BCUT2D eigenvalue weighted by Crippen LogP contribution is -2.38. The van der Waals surface area contributed by atoms with Crippen LogP contribution in [-0.4, -0.2) is 31.5 Å². The van der Waals surface area contributed by atoms with E-state index in [1.165, 1.54) is 24.3 Å². The van der Waals surface area contributed by atoms with E-state index in [4.69, 9.17) is 44.9 Å². The van der Waals surface area contributed by atoms with E-state index >= 15 is 0 Å². The zero-order valence-corrected chi connectivity index (χ0v) is 19.2. The highest BCUT2D eigenvalue weighted by Gasteiger charge is 2.24. The SMILES string of the molecule is Cc1ccc(NS(=O)(=O)Cc2cccc(Cl)c2Cl)c(=O)n1C(CCONC(=N)N)C(N)=O. The van der Waals surface area contributed by atoms with Crippen molar-refractivity contribution < 1.29 is 18.0 Å². The summed E-state index contributed by atoms with van der Waals surface area (Å²) in [7, 11) is -4.05. The molecule has 1 atom stereocenters. The van der Waals surface area contributed by atoms with Crippen LogP contribution >= 0.6 is 23.2 Å². The Labute approximate surface area is 194 Å². The number of hydrogen-bond acceptors (Lipinski definition) is 6. The van der Waals surface area contributed by atoms with E-state index in [1.807, 2.05) is 0 Å². The molecule has 0 aliphatic carbocycles. The second-order valence-corrected chi connectivity index (χ2v) is 9.22. The largest absolute Gasteiger partial charge is 0.368 e. The first-order valence-electron chi connectivity index (χ1n) is 9.09. The molecule has 0 saturated carbocycles. The number of nitrogens with zero attached hydrogens (tertiary/aromatic N) is 1. The van der Waals surface area contributed by atoms with Crippen LogP contribution in [0.25, 0.3) is 0 Å². The number of hydroxylamine groups is 1. The molecule has 11 nitrogen and oxygen atoms in total. The number of benzene rings is 1. The molecule has 0 radical (unpaired) electrons. The Bertz CT molecular complexity index is 1180. The molecule has 174 valence electrons. The number of halogens is 2. The van der Waals surface area contributed by atoms with E-state index in [0.717, 1.165) is 4.57 Å². The molecule has 0 fully saturated rings. The maximum atomic E-state index is 13.0. The van der Waals surface area contributed by atoms with Gasteiger partial charge < -0.3 is 11.5 Å². The minimum atomic E-state index is -4.05. The van der Waals surface area contributed by atoms with Crippen LogP contribution in [0.2, 0.25) is 10.0 Å². The van der Waals surface area contributed by atoms with Crippen LogP contribution in [0.15, 0.2) is 35.1 Å². The quantitative estimate of drug-likeness (QED) is 0.139. The molecule has 0 bridgehead atoms. The molecule has 1 amide bonds. The lowest BCUT2D eigenvalue weighted by molar-refractivity contribution is -0.122. The summed E-state index contributed by atoms with van der Waals surface area (Å²) < 4.78 is 28.6. The number of nitrogens with two attached hydrogens (primary N) is 2. The fourth-order valence-electron chi connectivity index (χ4n) is 2.88. The number of carbonyl (C=O) groups excluding carboxylic acids is 1. The van der Waals surface area contributed by atoms with Crippen molar-refractivity contribution in [1.29, 1.82) is 5.41 Å². The van der Waals surface area contributed by atoms with Gasteiger partial charge in [0.1, 0.15) is 11.7 Å². The summed E-state index contributed by atoms with van der Waals surface area (Å²) in [6.07, 6.45) is -0.0370. The van der Waals surface area contributed by atoms with Gasteiger partial charge in [0.15, 0.2) is 0 Å². The molecule has 2 rings (SSSR count). The summed E-state index contributed by atoms with van der Waals surface area (Å²) in [5.41, 5.74) is 12.2. The number of hydrogen-bond donors (Lipinski definition) is 5. The van der Waals surface area contributed by atoms with Gasteiger partial charge in [-0.05, 0) is 30.7 Å². The molecule has 2 aromatic rings. The number of rotatable bonds is 10. The van der Waals surface area contributed by atoms with Gasteiger partial charge in [0.2, 0.25) is 21.9 Å². The summed E-state index contributed by atoms with van der Waals surface area (Å²) in [4.78, 5) is 29.9. The first-order chi connectivity index (χ1) is 14.9.